The minimum atomic E-state index is -1.67. The predicted molar refractivity (Wildman–Crippen MR) is 51.1 cm³/mol. The third-order valence-corrected chi connectivity index (χ3v) is 2.81. The maximum absolute atomic E-state index is 11.4. The van der Waals surface area contributed by atoms with Gasteiger partial charge in [-0.25, -0.2) is 4.79 Å². The number of amides is 1. The summed E-state index contributed by atoms with van der Waals surface area (Å²) in [5, 5.41) is 11.2. The van der Waals surface area contributed by atoms with E-state index in [4.69, 9.17) is 5.11 Å². The first-order chi connectivity index (χ1) is 6.53. The Morgan fingerprint density at radius 1 is 1.64 bits per heavy atom. The molecular formula is C8H11NO4S. The highest BCUT2D eigenvalue weighted by atomic mass is 32.2. The van der Waals surface area contributed by atoms with Crippen LogP contribution in [0, 0.1) is 0 Å². The number of carboxylic acids is 1. The van der Waals surface area contributed by atoms with Gasteiger partial charge in [0.25, 0.3) is 0 Å². The van der Waals surface area contributed by atoms with Gasteiger partial charge in [0.05, 0.1) is 6.42 Å². The van der Waals surface area contributed by atoms with Gasteiger partial charge in [-0.15, -0.1) is 0 Å². The zero-order valence-corrected chi connectivity index (χ0v) is 8.52. The highest BCUT2D eigenvalue weighted by molar-refractivity contribution is 7.98. The normalized spacial score (nSPS) is 26.4. The molecule has 0 radical (unpaired) electrons. The zero-order chi connectivity index (χ0) is 10.8. The Balaban J connectivity index is 2.87. The molecule has 2 N–H and O–H groups in total. The van der Waals surface area contributed by atoms with Gasteiger partial charge in [0.2, 0.25) is 5.91 Å². The van der Waals surface area contributed by atoms with Crippen LogP contribution in [-0.4, -0.2) is 40.3 Å². The Labute approximate surface area is 85.2 Å². The second-order valence-electron chi connectivity index (χ2n) is 3.10. The van der Waals surface area contributed by atoms with E-state index in [9.17, 15) is 14.4 Å². The lowest BCUT2D eigenvalue weighted by Crippen LogP contribution is -2.53. The molecule has 1 saturated heterocycles. The first kappa shape index (κ1) is 11.0. The molecule has 0 saturated carbocycles. The molecule has 0 aromatic carbocycles. The summed E-state index contributed by atoms with van der Waals surface area (Å²) in [6, 6.07) is 0. The lowest BCUT2D eigenvalue weighted by Gasteiger charge is -2.21. The molecule has 6 heteroatoms. The average molecular weight is 217 g/mol. The zero-order valence-electron chi connectivity index (χ0n) is 7.70. The van der Waals surface area contributed by atoms with Crippen LogP contribution < -0.4 is 5.32 Å². The number of rotatable bonds is 4. The van der Waals surface area contributed by atoms with Crippen molar-refractivity contribution in [1.29, 1.82) is 0 Å². The van der Waals surface area contributed by atoms with Crippen molar-refractivity contribution >= 4 is 29.4 Å². The second kappa shape index (κ2) is 4.00. The van der Waals surface area contributed by atoms with Crippen molar-refractivity contribution in [1.82, 2.24) is 5.32 Å². The van der Waals surface area contributed by atoms with Crippen molar-refractivity contribution in [3.05, 3.63) is 0 Å². The summed E-state index contributed by atoms with van der Waals surface area (Å²) in [4.78, 5) is 33.3. The lowest BCUT2D eigenvalue weighted by molar-refractivity contribution is -0.149. The van der Waals surface area contributed by atoms with Crippen LogP contribution in [0.15, 0.2) is 0 Å². The van der Waals surface area contributed by atoms with Gasteiger partial charge in [-0.3, -0.25) is 9.59 Å². The molecule has 14 heavy (non-hydrogen) atoms. The quantitative estimate of drug-likeness (QED) is 0.629. The number of thioether (sulfide) groups is 1. The van der Waals surface area contributed by atoms with Gasteiger partial charge in [0.1, 0.15) is 0 Å². The fraction of sp³-hybridized carbons (Fsp3) is 0.625. The fourth-order valence-electron chi connectivity index (χ4n) is 1.39. The summed E-state index contributed by atoms with van der Waals surface area (Å²) in [5.41, 5.74) is -1.67. The topological polar surface area (TPSA) is 83.5 Å². The smallest absolute Gasteiger partial charge is 0.337 e. The van der Waals surface area contributed by atoms with Crippen LogP contribution in [0.3, 0.4) is 0 Å². The monoisotopic (exact) mass is 217 g/mol. The molecule has 5 nitrogen and oxygen atoms in total. The van der Waals surface area contributed by atoms with E-state index in [1.807, 2.05) is 6.26 Å². The molecular weight excluding hydrogens is 206 g/mol. The number of nitrogens with one attached hydrogen (secondary N) is 1. The predicted octanol–water partition coefficient (Wildman–Crippen LogP) is -0.348. The highest BCUT2D eigenvalue weighted by Crippen LogP contribution is 2.22. The van der Waals surface area contributed by atoms with Gasteiger partial charge in [-0.1, -0.05) is 0 Å². The number of carbonyl (C=O) groups is 3. The molecule has 1 rings (SSSR count). The Morgan fingerprint density at radius 3 is 2.64 bits per heavy atom. The average Bonchev–Trinajstić information content (AvgIpc) is 2.39. The summed E-state index contributed by atoms with van der Waals surface area (Å²) in [7, 11) is 0. The first-order valence-electron chi connectivity index (χ1n) is 4.09. The number of ketones is 1. The van der Waals surface area contributed by atoms with Crippen LogP contribution in [-0.2, 0) is 14.4 Å². The van der Waals surface area contributed by atoms with Crippen molar-refractivity contribution < 1.29 is 19.5 Å². The van der Waals surface area contributed by atoms with E-state index in [1.54, 1.807) is 0 Å². The number of carboxylic acid groups (broad SMARTS) is 1. The van der Waals surface area contributed by atoms with Crippen molar-refractivity contribution in [3.8, 4) is 0 Å². The number of carbonyl (C=O) groups excluding carboxylic acids is 2. The maximum Gasteiger partial charge on any atom is 0.337 e. The second-order valence-corrected chi connectivity index (χ2v) is 4.09. The van der Waals surface area contributed by atoms with Crippen LogP contribution in [0.25, 0.3) is 0 Å². The molecule has 0 bridgehead atoms. The summed E-state index contributed by atoms with van der Waals surface area (Å²) < 4.78 is 0. The summed E-state index contributed by atoms with van der Waals surface area (Å²) >= 11 is 1.44. The van der Waals surface area contributed by atoms with Crippen LogP contribution in [0.1, 0.15) is 12.8 Å². The summed E-state index contributed by atoms with van der Waals surface area (Å²) in [6.07, 6.45) is 1.64. The lowest BCUT2D eigenvalue weighted by atomic mass is 9.93. The molecule has 0 aromatic heterocycles. The van der Waals surface area contributed by atoms with Gasteiger partial charge in [-0.05, 0) is 18.4 Å². The van der Waals surface area contributed by atoms with E-state index in [1.165, 1.54) is 11.8 Å². The molecule has 1 heterocycles. The van der Waals surface area contributed by atoms with Gasteiger partial charge in [0, 0.05) is 0 Å². The molecule has 0 unspecified atom stereocenters. The van der Waals surface area contributed by atoms with E-state index in [2.05, 4.69) is 5.32 Å². The number of aliphatic carboxylic acids is 1. The Kier molecular flexibility index (Phi) is 3.15. The Bertz CT molecular complexity index is 291. The first-order valence-corrected chi connectivity index (χ1v) is 5.49. The molecule has 1 atom stereocenters. The van der Waals surface area contributed by atoms with Gasteiger partial charge in [-0.2, -0.15) is 11.8 Å². The van der Waals surface area contributed by atoms with Crippen molar-refractivity contribution in [3.63, 3.8) is 0 Å². The standard InChI is InChI=1S/C8H11NO4S/c1-14-3-2-8(7(12)13)5(10)4-6(11)9-8/h2-4H2,1H3,(H,9,11)(H,12,13)/t8-/m0/s1. The Hall–Kier alpha value is -1.04. The molecule has 1 fully saturated rings. The van der Waals surface area contributed by atoms with Gasteiger partial charge in [0.15, 0.2) is 11.3 Å². The largest absolute Gasteiger partial charge is 0.479 e. The van der Waals surface area contributed by atoms with Crippen LogP contribution in [0.2, 0.25) is 0 Å². The van der Waals surface area contributed by atoms with Crippen molar-refractivity contribution in [2.24, 2.45) is 0 Å². The van der Waals surface area contributed by atoms with E-state index in [-0.39, 0.29) is 12.8 Å². The summed E-state index contributed by atoms with van der Waals surface area (Å²) in [5.74, 6) is -1.77. The fourth-order valence-corrected chi connectivity index (χ4v) is 1.90. The number of Topliss-reactive ketones (excluding diaryl/α,β-unsaturated/α-hetero) is 1. The van der Waals surface area contributed by atoms with E-state index in [0.717, 1.165) is 0 Å². The van der Waals surface area contributed by atoms with Crippen molar-refractivity contribution in [2.75, 3.05) is 12.0 Å². The third-order valence-electron chi connectivity index (χ3n) is 2.20. The Morgan fingerprint density at radius 2 is 2.29 bits per heavy atom. The van der Waals surface area contributed by atoms with Crippen LogP contribution >= 0.6 is 11.8 Å². The molecule has 1 aliphatic heterocycles. The van der Waals surface area contributed by atoms with E-state index < -0.39 is 23.2 Å². The van der Waals surface area contributed by atoms with Gasteiger partial charge < -0.3 is 10.4 Å². The summed E-state index contributed by atoms with van der Waals surface area (Å²) in [6.45, 7) is 0. The van der Waals surface area contributed by atoms with E-state index in [0.29, 0.717) is 5.75 Å². The number of hydrogen-bond donors (Lipinski definition) is 2. The molecule has 1 aliphatic rings. The highest BCUT2D eigenvalue weighted by Gasteiger charge is 2.51. The number of hydrogen-bond acceptors (Lipinski definition) is 4. The van der Waals surface area contributed by atoms with E-state index >= 15 is 0 Å². The SMILES string of the molecule is CSCC[C@]1(C(=O)O)NC(=O)CC1=O. The molecule has 78 valence electrons. The maximum atomic E-state index is 11.4. The molecule has 0 aromatic rings. The van der Waals surface area contributed by atoms with Gasteiger partial charge >= 0.3 is 5.97 Å². The molecule has 0 aliphatic carbocycles. The van der Waals surface area contributed by atoms with Crippen LogP contribution in [0.4, 0.5) is 0 Å². The third kappa shape index (κ3) is 1.75. The minimum Gasteiger partial charge on any atom is -0.479 e. The minimum absolute atomic E-state index is 0.147. The molecule has 1 amide bonds. The molecule has 0 spiro atoms. The van der Waals surface area contributed by atoms with Crippen molar-refractivity contribution in [2.45, 2.75) is 18.4 Å². The van der Waals surface area contributed by atoms with Crippen LogP contribution in [0.5, 0.6) is 0 Å².